The lowest BCUT2D eigenvalue weighted by Gasteiger charge is -2.36. The predicted octanol–water partition coefficient (Wildman–Crippen LogP) is 5.51. The molecule has 0 N–H and O–H groups in total. The van der Waals surface area contributed by atoms with E-state index in [-0.39, 0.29) is 35.4 Å². The van der Waals surface area contributed by atoms with E-state index < -0.39 is 10.0 Å². The second-order valence-electron chi connectivity index (χ2n) is 10.4. The molecule has 9 nitrogen and oxygen atoms in total. The van der Waals surface area contributed by atoms with Gasteiger partial charge in [-0.15, -0.1) is 0 Å². The van der Waals surface area contributed by atoms with Crippen LogP contribution >= 0.6 is 11.6 Å². The lowest BCUT2D eigenvalue weighted by molar-refractivity contribution is 0.205. The molecule has 6 rings (SSSR count). The van der Waals surface area contributed by atoms with E-state index in [1.54, 1.807) is 54.7 Å². The van der Waals surface area contributed by atoms with Gasteiger partial charge in [-0.1, -0.05) is 35.9 Å². The summed E-state index contributed by atoms with van der Waals surface area (Å²) in [5.74, 6) is 1.47. The number of aromatic nitrogens is 2. The minimum absolute atomic E-state index is 0.0397. The standard InChI is InChI=1S/C31H31ClN4O5S/c32-23-7-6-8-24(21-23)36-31(37)30(41-26-11-4-5-12-26)29(22-33-36)34-17-19-35(20-18-34)42(38,39)28-15-13-27(14-16-28)40-25-9-2-1-3-10-25/h1-3,6-10,13-16,21-22,26H,4-5,11-12,17-20H2. The van der Waals surface area contributed by atoms with Gasteiger partial charge in [0.25, 0.3) is 0 Å². The van der Waals surface area contributed by atoms with Crippen LogP contribution in [0.15, 0.2) is 94.7 Å². The maximum Gasteiger partial charge on any atom is 0.316 e. The van der Waals surface area contributed by atoms with Crippen LogP contribution in [-0.2, 0) is 10.0 Å². The van der Waals surface area contributed by atoms with Crippen LogP contribution in [-0.4, -0.2) is 54.8 Å². The molecule has 1 saturated heterocycles. The van der Waals surface area contributed by atoms with Crippen molar-refractivity contribution >= 4 is 27.3 Å². The molecule has 1 aromatic heterocycles. The number of sulfonamides is 1. The van der Waals surface area contributed by atoms with E-state index in [1.807, 2.05) is 35.2 Å². The second-order valence-corrected chi connectivity index (χ2v) is 12.7. The van der Waals surface area contributed by atoms with Crippen molar-refractivity contribution in [1.82, 2.24) is 14.1 Å². The van der Waals surface area contributed by atoms with Crippen LogP contribution in [0.4, 0.5) is 5.69 Å². The Kier molecular flexibility index (Phi) is 8.19. The number of para-hydroxylation sites is 1. The third-order valence-electron chi connectivity index (χ3n) is 7.57. The Hall–Kier alpha value is -3.86. The van der Waals surface area contributed by atoms with Crippen molar-refractivity contribution in [2.45, 2.75) is 36.7 Å². The van der Waals surface area contributed by atoms with Gasteiger partial charge in [-0.25, -0.2) is 8.42 Å². The SMILES string of the molecule is O=c1c(OC2CCCC2)c(N2CCN(S(=O)(=O)c3ccc(Oc4ccccc4)cc3)CC2)cnn1-c1cccc(Cl)c1. The van der Waals surface area contributed by atoms with Crippen molar-refractivity contribution < 1.29 is 17.9 Å². The fraction of sp³-hybridized carbons (Fsp3) is 0.290. The zero-order valence-electron chi connectivity index (χ0n) is 22.9. The molecule has 2 heterocycles. The molecular weight excluding hydrogens is 576 g/mol. The van der Waals surface area contributed by atoms with Crippen LogP contribution < -0.4 is 19.9 Å². The van der Waals surface area contributed by atoms with Crippen LogP contribution in [0.2, 0.25) is 5.02 Å². The number of anilines is 1. The van der Waals surface area contributed by atoms with Crippen molar-refractivity contribution in [2.24, 2.45) is 0 Å². The van der Waals surface area contributed by atoms with Gasteiger partial charge in [0, 0.05) is 31.2 Å². The van der Waals surface area contributed by atoms with Crippen LogP contribution in [0.3, 0.4) is 0 Å². The number of halogens is 1. The highest BCUT2D eigenvalue weighted by molar-refractivity contribution is 7.89. The zero-order valence-corrected chi connectivity index (χ0v) is 24.5. The molecular formula is C31H31ClN4O5S. The summed E-state index contributed by atoms with van der Waals surface area (Å²) in [5.41, 5.74) is 0.755. The first-order valence-electron chi connectivity index (χ1n) is 14.0. The van der Waals surface area contributed by atoms with E-state index >= 15 is 0 Å². The Bertz CT molecular complexity index is 1700. The Morgan fingerprint density at radius 3 is 2.21 bits per heavy atom. The van der Waals surface area contributed by atoms with Gasteiger partial charge in [0.15, 0.2) is 0 Å². The molecule has 42 heavy (non-hydrogen) atoms. The third-order valence-corrected chi connectivity index (χ3v) is 9.72. The summed E-state index contributed by atoms with van der Waals surface area (Å²) in [6.45, 7) is 1.28. The molecule has 0 spiro atoms. The zero-order chi connectivity index (χ0) is 29.1. The van der Waals surface area contributed by atoms with Crippen molar-refractivity contribution in [3.05, 3.63) is 100 Å². The summed E-state index contributed by atoms with van der Waals surface area (Å²) in [5, 5.41) is 4.93. The fourth-order valence-electron chi connectivity index (χ4n) is 5.35. The molecule has 0 bridgehead atoms. The topological polar surface area (TPSA) is 94.0 Å². The monoisotopic (exact) mass is 606 g/mol. The normalized spacial score (nSPS) is 16.5. The lowest BCUT2D eigenvalue weighted by Crippen LogP contribution is -2.49. The molecule has 0 atom stereocenters. The van der Waals surface area contributed by atoms with Gasteiger partial charge in [-0.05, 0) is 80.3 Å². The van der Waals surface area contributed by atoms with Crippen LogP contribution in [0, 0.1) is 0 Å². The summed E-state index contributed by atoms with van der Waals surface area (Å²) < 4.78 is 41.8. The van der Waals surface area contributed by atoms with Gasteiger partial charge >= 0.3 is 5.56 Å². The maximum atomic E-state index is 13.7. The maximum absolute atomic E-state index is 13.7. The summed E-state index contributed by atoms with van der Waals surface area (Å²) >= 11 is 6.17. The Labute approximate surface area is 249 Å². The van der Waals surface area contributed by atoms with Gasteiger partial charge in [0.1, 0.15) is 17.2 Å². The van der Waals surface area contributed by atoms with E-state index in [4.69, 9.17) is 21.1 Å². The van der Waals surface area contributed by atoms with Crippen LogP contribution in [0.5, 0.6) is 17.2 Å². The van der Waals surface area contributed by atoms with Gasteiger partial charge in [-0.3, -0.25) is 4.79 Å². The molecule has 4 aromatic rings. The van der Waals surface area contributed by atoms with Crippen molar-refractivity contribution in [3.63, 3.8) is 0 Å². The number of hydrogen-bond acceptors (Lipinski definition) is 7. The van der Waals surface area contributed by atoms with Crippen LogP contribution in [0.1, 0.15) is 25.7 Å². The Balaban J connectivity index is 1.20. The summed E-state index contributed by atoms with van der Waals surface area (Å²) in [6, 6.07) is 22.7. The molecule has 1 aliphatic carbocycles. The smallest absolute Gasteiger partial charge is 0.316 e. The molecule has 2 fully saturated rings. The summed E-state index contributed by atoms with van der Waals surface area (Å²) in [4.78, 5) is 15.8. The molecule has 1 aliphatic heterocycles. The third kappa shape index (κ3) is 6.01. The number of benzene rings is 3. The minimum Gasteiger partial charge on any atom is -0.483 e. The van der Waals surface area contributed by atoms with E-state index in [0.29, 0.717) is 41.0 Å². The molecule has 3 aromatic carbocycles. The van der Waals surface area contributed by atoms with E-state index in [2.05, 4.69) is 5.10 Å². The predicted molar refractivity (Wildman–Crippen MR) is 162 cm³/mol. The number of ether oxygens (including phenoxy) is 2. The molecule has 0 radical (unpaired) electrons. The highest BCUT2D eigenvalue weighted by Gasteiger charge is 2.31. The highest BCUT2D eigenvalue weighted by Crippen LogP contribution is 2.31. The first kappa shape index (κ1) is 28.3. The molecule has 0 amide bonds. The average Bonchev–Trinajstić information content (AvgIpc) is 3.52. The van der Waals surface area contributed by atoms with Crippen molar-refractivity contribution in [2.75, 3.05) is 31.1 Å². The number of nitrogens with zero attached hydrogens (tertiary/aromatic N) is 4. The average molecular weight is 607 g/mol. The minimum atomic E-state index is -3.72. The summed E-state index contributed by atoms with van der Waals surface area (Å²) in [7, 11) is -3.72. The van der Waals surface area contributed by atoms with Gasteiger partial charge in [-0.2, -0.15) is 14.1 Å². The first-order valence-corrected chi connectivity index (χ1v) is 15.8. The number of rotatable bonds is 8. The van der Waals surface area contributed by atoms with Gasteiger partial charge < -0.3 is 14.4 Å². The second kappa shape index (κ2) is 12.2. The number of piperazine rings is 1. The molecule has 218 valence electrons. The quantitative estimate of drug-likeness (QED) is 0.261. The van der Waals surface area contributed by atoms with E-state index in [0.717, 1.165) is 25.7 Å². The molecule has 0 unspecified atom stereocenters. The largest absolute Gasteiger partial charge is 0.483 e. The molecule has 2 aliphatic rings. The summed E-state index contributed by atoms with van der Waals surface area (Å²) in [6.07, 6.45) is 5.48. The van der Waals surface area contributed by atoms with E-state index in [1.165, 1.54) is 8.99 Å². The van der Waals surface area contributed by atoms with Crippen molar-refractivity contribution in [3.8, 4) is 22.9 Å². The van der Waals surface area contributed by atoms with Gasteiger partial charge in [0.2, 0.25) is 15.8 Å². The number of hydrogen-bond donors (Lipinski definition) is 0. The molecule has 1 saturated carbocycles. The first-order chi connectivity index (χ1) is 20.4. The lowest BCUT2D eigenvalue weighted by atomic mass is 10.2. The molecule has 11 heteroatoms. The Morgan fingerprint density at radius 2 is 1.52 bits per heavy atom. The van der Waals surface area contributed by atoms with Crippen LogP contribution in [0.25, 0.3) is 5.69 Å². The highest BCUT2D eigenvalue weighted by atomic mass is 35.5. The van der Waals surface area contributed by atoms with Gasteiger partial charge in [0.05, 0.1) is 22.9 Å². The fourth-order valence-corrected chi connectivity index (χ4v) is 6.96. The van der Waals surface area contributed by atoms with E-state index in [9.17, 15) is 13.2 Å². The van der Waals surface area contributed by atoms with Crippen molar-refractivity contribution in [1.29, 1.82) is 0 Å². The Morgan fingerprint density at radius 1 is 0.833 bits per heavy atom.